The first-order chi connectivity index (χ1) is 17.3. The Bertz CT molecular complexity index is 1010. The fraction of sp³-hybridized carbons (Fsp3) is 0.690. The highest BCUT2D eigenvalue weighted by molar-refractivity contribution is 5.99. The van der Waals surface area contributed by atoms with E-state index in [-0.39, 0.29) is 41.6 Å². The van der Waals surface area contributed by atoms with Gasteiger partial charge in [-0.05, 0) is 48.6 Å². The summed E-state index contributed by atoms with van der Waals surface area (Å²) in [5, 5.41) is 3.05. The summed E-state index contributed by atoms with van der Waals surface area (Å²) in [6.07, 6.45) is 0.404. The van der Waals surface area contributed by atoms with Crippen molar-refractivity contribution in [1.29, 1.82) is 0 Å². The molecule has 3 heterocycles. The molecule has 0 aromatic heterocycles. The maximum atomic E-state index is 14.1. The largest absolute Gasteiger partial charge is 0.369 e. The van der Waals surface area contributed by atoms with Crippen LogP contribution in [0.1, 0.15) is 58.3 Å². The van der Waals surface area contributed by atoms with Crippen LogP contribution in [0.2, 0.25) is 0 Å². The maximum Gasteiger partial charge on any atom is 0.251 e. The summed E-state index contributed by atoms with van der Waals surface area (Å²) in [6.45, 7) is 16.8. The Labute approximate surface area is 221 Å². The van der Waals surface area contributed by atoms with Crippen LogP contribution in [0.4, 0.5) is 5.69 Å². The number of benzene rings is 1. The average molecular weight is 513 g/mol. The predicted molar refractivity (Wildman–Crippen MR) is 145 cm³/mol. The Morgan fingerprint density at radius 1 is 1.05 bits per heavy atom. The van der Waals surface area contributed by atoms with Crippen molar-refractivity contribution in [2.45, 2.75) is 66.2 Å². The molecule has 204 valence electrons. The van der Waals surface area contributed by atoms with Crippen molar-refractivity contribution >= 4 is 23.3 Å². The molecule has 8 heteroatoms. The second kappa shape index (κ2) is 10.4. The van der Waals surface area contributed by atoms with Crippen LogP contribution in [0.15, 0.2) is 24.3 Å². The van der Waals surface area contributed by atoms with Crippen molar-refractivity contribution in [2.75, 3.05) is 51.3 Å². The summed E-state index contributed by atoms with van der Waals surface area (Å²) in [5.41, 5.74) is 1.01. The van der Waals surface area contributed by atoms with E-state index in [1.54, 1.807) is 4.90 Å². The van der Waals surface area contributed by atoms with Crippen molar-refractivity contribution in [1.82, 2.24) is 15.1 Å². The number of hydrogen-bond donors (Lipinski definition) is 1. The molecule has 2 amide bonds. The van der Waals surface area contributed by atoms with Crippen molar-refractivity contribution in [3.05, 3.63) is 29.8 Å². The minimum Gasteiger partial charge on any atom is -0.369 e. The maximum absolute atomic E-state index is 14.1. The molecule has 1 aromatic rings. The molecule has 8 nitrogen and oxygen atoms in total. The highest BCUT2D eigenvalue weighted by Gasteiger charge is 2.56. The van der Waals surface area contributed by atoms with Crippen LogP contribution in [0.5, 0.6) is 0 Å². The van der Waals surface area contributed by atoms with E-state index < -0.39 is 17.5 Å². The minimum atomic E-state index is -0.755. The van der Waals surface area contributed by atoms with E-state index in [9.17, 15) is 14.4 Å². The van der Waals surface area contributed by atoms with Crippen molar-refractivity contribution in [2.24, 2.45) is 16.7 Å². The second-order valence-electron chi connectivity index (χ2n) is 12.7. The predicted octanol–water partition coefficient (Wildman–Crippen LogP) is 2.81. The summed E-state index contributed by atoms with van der Waals surface area (Å²) in [6, 6.07) is 6.30. The van der Waals surface area contributed by atoms with Crippen molar-refractivity contribution in [3.8, 4) is 0 Å². The number of likely N-dealkylation sites (tertiary alicyclic amines) is 1. The molecule has 0 radical (unpaired) electrons. The molecule has 37 heavy (non-hydrogen) atoms. The van der Waals surface area contributed by atoms with Gasteiger partial charge >= 0.3 is 0 Å². The molecule has 3 fully saturated rings. The van der Waals surface area contributed by atoms with Gasteiger partial charge in [0.05, 0.1) is 6.10 Å². The monoisotopic (exact) mass is 512 g/mol. The molecule has 0 aliphatic carbocycles. The number of ether oxygens (including phenoxy) is 1. The second-order valence-corrected chi connectivity index (χ2v) is 12.7. The molecule has 3 aliphatic heterocycles. The third-order valence-electron chi connectivity index (χ3n) is 8.79. The number of rotatable bonds is 6. The molecule has 3 aliphatic rings. The fourth-order valence-electron chi connectivity index (χ4n) is 5.71. The number of fused-ring (bicyclic) bond motifs is 1. The van der Waals surface area contributed by atoms with Gasteiger partial charge in [0.2, 0.25) is 5.91 Å². The Morgan fingerprint density at radius 3 is 2.24 bits per heavy atom. The minimum absolute atomic E-state index is 0.0412. The van der Waals surface area contributed by atoms with E-state index in [4.69, 9.17) is 4.74 Å². The average Bonchev–Trinajstić information content (AvgIpc) is 3.43. The molecule has 0 unspecified atom stereocenters. The highest BCUT2D eigenvalue weighted by atomic mass is 16.5. The van der Waals surface area contributed by atoms with Crippen LogP contribution in [-0.4, -0.2) is 92.0 Å². The number of ketones is 1. The van der Waals surface area contributed by atoms with E-state index in [0.717, 1.165) is 31.9 Å². The Balaban J connectivity index is 1.53. The van der Waals surface area contributed by atoms with Crippen molar-refractivity contribution < 1.29 is 19.1 Å². The van der Waals surface area contributed by atoms with Gasteiger partial charge in [-0.15, -0.1) is 0 Å². The summed E-state index contributed by atoms with van der Waals surface area (Å²) >= 11 is 0. The molecule has 1 N–H and O–H groups in total. The molecule has 0 saturated carbocycles. The topological polar surface area (TPSA) is 82.2 Å². The number of nitrogens with one attached hydrogen (secondary N) is 1. The number of nitrogens with zero attached hydrogens (tertiary/aromatic N) is 3. The highest BCUT2D eigenvalue weighted by Crippen LogP contribution is 2.42. The Hall–Kier alpha value is -2.45. The van der Waals surface area contributed by atoms with Crippen LogP contribution in [0.25, 0.3) is 0 Å². The van der Waals surface area contributed by atoms with Gasteiger partial charge in [0.1, 0.15) is 18.7 Å². The number of Topliss-reactive ketones (excluding diaryl/α,β-unsaturated/α-hetero) is 1. The summed E-state index contributed by atoms with van der Waals surface area (Å²) < 4.78 is 5.88. The van der Waals surface area contributed by atoms with Gasteiger partial charge in [0, 0.05) is 49.9 Å². The Morgan fingerprint density at radius 2 is 1.68 bits per heavy atom. The van der Waals surface area contributed by atoms with E-state index in [1.807, 2.05) is 45.0 Å². The molecule has 4 atom stereocenters. The normalized spacial score (nSPS) is 25.8. The third kappa shape index (κ3) is 5.55. The number of hydrogen-bond acceptors (Lipinski definition) is 6. The Kier molecular flexibility index (Phi) is 7.73. The quantitative estimate of drug-likeness (QED) is 0.631. The summed E-state index contributed by atoms with van der Waals surface area (Å²) in [4.78, 5) is 46.6. The van der Waals surface area contributed by atoms with Crippen LogP contribution in [-0.2, 0) is 14.3 Å². The van der Waals surface area contributed by atoms with Crippen molar-refractivity contribution in [3.63, 3.8) is 0 Å². The van der Waals surface area contributed by atoms with E-state index in [2.05, 4.69) is 42.9 Å². The zero-order valence-electron chi connectivity index (χ0n) is 23.5. The lowest BCUT2D eigenvalue weighted by molar-refractivity contribution is -0.140. The number of piperazine rings is 1. The molecule has 4 rings (SSSR count). The molecule has 0 spiro atoms. The van der Waals surface area contributed by atoms with Crippen LogP contribution < -0.4 is 10.2 Å². The lowest BCUT2D eigenvalue weighted by Crippen LogP contribution is -2.57. The standard InChI is InChI=1S/C29H44N4O4/c1-8-29(5,6)25(27(36)33-17-21(28(2,3)4)24-23(33)22(34)18-37-24)30-26(35)19-9-11-20(12-10-19)32-15-13-31(7)14-16-32/h9-12,21,23-25H,8,13-18H2,1-7H3,(H,30,35)/t21-,23-,24-,25-/m1/s1. The lowest BCUT2D eigenvalue weighted by Gasteiger charge is -2.37. The van der Waals surface area contributed by atoms with Gasteiger partial charge in [-0.2, -0.15) is 0 Å². The number of amides is 2. The SMILES string of the molecule is CCC(C)(C)[C@H](NC(=O)c1ccc(N2CCN(C)CC2)cc1)C(=O)N1C[C@@H](C(C)(C)C)[C@H]2OCC(=O)[C@H]21. The molecular weight excluding hydrogens is 468 g/mol. The van der Waals surface area contributed by atoms with Gasteiger partial charge in [0.15, 0.2) is 5.78 Å². The summed E-state index contributed by atoms with van der Waals surface area (Å²) in [7, 11) is 2.13. The summed E-state index contributed by atoms with van der Waals surface area (Å²) in [5.74, 6) is -0.475. The van der Waals surface area contributed by atoms with E-state index in [0.29, 0.717) is 18.5 Å². The van der Waals surface area contributed by atoms with E-state index >= 15 is 0 Å². The van der Waals surface area contributed by atoms with Gasteiger partial charge in [-0.3, -0.25) is 14.4 Å². The first-order valence-corrected chi connectivity index (χ1v) is 13.6. The molecular formula is C29H44N4O4. The van der Waals surface area contributed by atoms with E-state index in [1.165, 1.54) is 0 Å². The molecule has 0 bridgehead atoms. The van der Waals surface area contributed by atoms with Gasteiger partial charge in [-0.1, -0.05) is 41.5 Å². The third-order valence-corrected chi connectivity index (χ3v) is 8.79. The van der Waals surface area contributed by atoms with Gasteiger partial charge in [-0.25, -0.2) is 0 Å². The smallest absolute Gasteiger partial charge is 0.251 e. The first-order valence-electron chi connectivity index (χ1n) is 13.6. The first kappa shape index (κ1) is 27.6. The zero-order valence-corrected chi connectivity index (χ0v) is 23.5. The van der Waals surface area contributed by atoms with Crippen LogP contribution in [0, 0.1) is 16.7 Å². The number of anilines is 1. The lowest BCUT2D eigenvalue weighted by atomic mass is 9.78. The number of carbonyl (C=O) groups is 3. The zero-order chi connectivity index (χ0) is 27.1. The number of carbonyl (C=O) groups excluding carboxylic acids is 3. The van der Waals surface area contributed by atoms with Gasteiger partial charge < -0.3 is 24.8 Å². The fourth-order valence-corrected chi connectivity index (χ4v) is 5.71. The van der Waals surface area contributed by atoms with Crippen LogP contribution in [0.3, 0.4) is 0 Å². The molecule has 1 aromatic carbocycles. The van der Waals surface area contributed by atoms with Crippen LogP contribution >= 0.6 is 0 Å². The van der Waals surface area contributed by atoms with Gasteiger partial charge in [0.25, 0.3) is 5.91 Å². The molecule has 3 saturated heterocycles. The number of likely N-dealkylation sites (N-methyl/N-ethyl adjacent to an activating group) is 1.